The maximum atomic E-state index is 12.5. The summed E-state index contributed by atoms with van der Waals surface area (Å²) in [6.45, 7) is 1.30. The molecule has 0 bridgehead atoms. The standard InChI is InChI=1S/C15H24N2O4/c1-21-15(20)12-7-4-6-10-17(12)14(19)11-16-9-5-2-3-8-13(16)18/h12H,2-11H2,1H3. The molecule has 0 aromatic carbocycles. The van der Waals surface area contributed by atoms with E-state index in [1.165, 1.54) is 7.11 Å². The Hall–Kier alpha value is -1.59. The lowest BCUT2D eigenvalue weighted by molar-refractivity contribution is -0.155. The van der Waals surface area contributed by atoms with Crippen molar-refractivity contribution in [2.24, 2.45) is 0 Å². The van der Waals surface area contributed by atoms with E-state index in [-0.39, 0.29) is 24.3 Å². The minimum atomic E-state index is -0.488. The monoisotopic (exact) mass is 296 g/mol. The number of piperidine rings is 1. The lowest BCUT2D eigenvalue weighted by atomic mass is 10.0. The van der Waals surface area contributed by atoms with Gasteiger partial charge in [-0.25, -0.2) is 4.79 Å². The zero-order valence-electron chi connectivity index (χ0n) is 12.7. The number of carbonyl (C=O) groups excluding carboxylic acids is 3. The highest BCUT2D eigenvalue weighted by Gasteiger charge is 2.34. The van der Waals surface area contributed by atoms with Crippen molar-refractivity contribution in [3.8, 4) is 0 Å². The van der Waals surface area contributed by atoms with Crippen LogP contribution in [0.4, 0.5) is 0 Å². The molecule has 118 valence electrons. The van der Waals surface area contributed by atoms with E-state index in [0.717, 1.165) is 32.1 Å². The van der Waals surface area contributed by atoms with Crippen molar-refractivity contribution < 1.29 is 19.1 Å². The summed E-state index contributed by atoms with van der Waals surface area (Å²) in [7, 11) is 1.35. The van der Waals surface area contributed by atoms with Crippen molar-refractivity contribution in [2.45, 2.75) is 51.0 Å². The number of ether oxygens (including phenoxy) is 1. The number of methoxy groups -OCH3 is 1. The average molecular weight is 296 g/mol. The first-order valence-corrected chi connectivity index (χ1v) is 7.78. The molecule has 2 saturated heterocycles. The molecule has 0 N–H and O–H groups in total. The Morgan fingerprint density at radius 1 is 1.14 bits per heavy atom. The molecule has 1 unspecified atom stereocenters. The molecule has 6 nitrogen and oxygen atoms in total. The largest absolute Gasteiger partial charge is 0.467 e. The highest BCUT2D eigenvalue weighted by Crippen LogP contribution is 2.19. The number of hydrogen-bond acceptors (Lipinski definition) is 4. The van der Waals surface area contributed by atoms with Gasteiger partial charge >= 0.3 is 5.97 Å². The Labute approximate surface area is 125 Å². The van der Waals surface area contributed by atoms with Gasteiger partial charge in [0.2, 0.25) is 11.8 Å². The Morgan fingerprint density at radius 2 is 1.90 bits per heavy atom. The Morgan fingerprint density at radius 3 is 2.67 bits per heavy atom. The number of rotatable bonds is 3. The van der Waals surface area contributed by atoms with Crippen molar-refractivity contribution in [3.63, 3.8) is 0 Å². The summed E-state index contributed by atoms with van der Waals surface area (Å²) in [4.78, 5) is 39.5. The van der Waals surface area contributed by atoms with Crippen LogP contribution in [0.1, 0.15) is 44.9 Å². The predicted molar refractivity (Wildman–Crippen MR) is 76.4 cm³/mol. The molecule has 2 amide bonds. The highest BCUT2D eigenvalue weighted by molar-refractivity contribution is 5.88. The van der Waals surface area contributed by atoms with Crippen LogP contribution in [0.15, 0.2) is 0 Å². The van der Waals surface area contributed by atoms with Gasteiger partial charge in [0.05, 0.1) is 13.7 Å². The number of amides is 2. The van der Waals surface area contributed by atoms with Crippen molar-refractivity contribution in [2.75, 3.05) is 26.7 Å². The van der Waals surface area contributed by atoms with Gasteiger partial charge in [0.25, 0.3) is 0 Å². The minimum absolute atomic E-state index is 0.0486. The van der Waals surface area contributed by atoms with Gasteiger partial charge < -0.3 is 14.5 Å². The maximum Gasteiger partial charge on any atom is 0.328 e. The molecule has 2 aliphatic heterocycles. The van der Waals surface area contributed by atoms with Crippen molar-refractivity contribution >= 4 is 17.8 Å². The fraction of sp³-hybridized carbons (Fsp3) is 0.800. The van der Waals surface area contributed by atoms with Crippen LogP contribution in [0.25, 0.3) is 0 Å². The second-order valence-corrected chi connectivity index (χ2v) is 5.75. The maximum absolute atomic E-state index is 12.5. The molecule has 2 fully saturated rings. The molecule has 0 radical (unpaired) electrons. The van der Waals surface area contributed by atoms with Crippen molar-refractivity contribution in [1.29, 1.82) is 0 Å². The lowest BCUT2D eigenvalue weighted by Gasteiger charge is -2.35. The van der Waals surface area contributed by atoms with Crippen LogP contribution >= 0.6 is 0 Å². The van der Waals surface area contributed by atoms with E-state index in [1.54, 1.807) is 9.80 Å². The SMILES string of the molecule is COC(=O)C1CCCCN1C(=O)CN1CCCCCC1=O. The van der Waals surface area contributed by atoms with Gasteiger partial charge in [0, 0.05) is 19.5 Å². The summed E-state index contributed by atoms with van der Waals surface area (Å²) in [5, 5.41) is 0. The molecular formula is C15H24N2O4. The number of hydrogen-bond donors (Lipinski definition) is 0. The number of carbonyl (C=O) groups is 3. The molecule has 6 heteroatoms. The Bertz CT molecular complexity index is 410. The molecule has 0 aliphatic carbocycles. The topological polar surface area (TPSA) is 66.9 Å². The third-order valence-electron chi connectivity index (χ3n) is 4.29. The van der Waals surface area contributed by atoms with Gasteiger partial charge in [-0.3, -0.25) is 9.59 Å². The molecular weight excluding hydrogens is 272 g/mol. The minimum Gasteiger partial charge on any atom is -0.467 e. The predicted octanol–water partition coefficient (Wildman–Crippen LogP) is 0.943. The molecule has 2 heterocycles. The summed E-state index contributed by atoms with van der Waals surface area (Å²) in [5.41, 5.74) is 0. The molecule has 0 aromatic rings. The first-order chi connectivity index (χ1) is 10.1. The average Bonchev–Trinajstić information content (AvgIpc) is 2.71. The Balaban J connectivity index is 1.99. The molecule has 2 rings (SSSR count). The number of nitrogens with zero attached hydrogens (tertiary/aromatic N) is 2. The van der Waals surface area contributed by atoms with Gasteiger partial charge in [-0.15, -0.1) is 0 Å². The highest BCUT2D eigenvalue weighted by atomic mass is 16.5. The van der Waals surface area contributed by atoms with E-state index >= 15 is 0 Å². The molecule has 1 atom stereocenters. The van der Waals surface area contributed by atoms with Crippen LogP contribution in [0.5, 0.6) is 0 Å². The first-order valence-electron chi connectivity index (χ1n) is 7.78. The van der Waals surface area contributed by atoms with E-state index < -0.39 is 6.04 Å². The van der Waals surface area contributed by atoms with Crippen molar-refractivity contribution in [3.05, 3.63) is 0 Å². The van der Waals surface area contributed by atoms with E-state index in [2.05, 4.69) is 0 Å². The molecule has 2 aliphatic rings. The first kappa shape index (κ1) is 15.8. The van der Waals surface area contributed by atoms with Gasteiger partial charge in [-0.2, -0.15) is 0 Å². The second kappa shape index (κ2) is 7.43. The molecule has 21 heavy (non-hydrogen) atoms. The van der Waals surface area contributed by atoms with Gasteiger partial charge in [0.1, 0.15) is 6.04 Å². The summed E-state index contributed by atoms with van der Waals surface area (Å²) in [6, 6.07) is -0.488. The second-order valence-electron chi connectivity index (χ2n) is 5.75. The quantitative estimate of drug-likeness (QED) is 0.727. The van der Waals surface area contributed by atoms with Gasteiger partial charge in [-0.05, 0) is 32.1 Å². The molecule has 0 aromatic heterocycles. The van der Waals surface area contributed by atoms with Gasteiger partial charge in [0.15, 0.2) is 0 Å². The van der Waals surface area contributed by atoms with Crippen LogP contribution in [0.2, 0.25) is 0 Å². The molecule has 0 spiro atoms. The lowest BCUT2D eigenvalue weighted by Crippen LogP contribution is -2.52. The third kappa shape index (κ3) is 3.95. The summed E-state index contributed by atoms with van der Waals surface area (Å²) >= 11 is 0. The normalized spacial score (nSPS) is 23.7. The molecule has 0 saturated carbocycles. The number of esters is 1. The number of likely N-dealkylation sites (tertiary alicyclic amines) is 2. The zero-order valence-corrected chi connectivity index (χ0v) is 12.7. The summed E-state index contributed by atoms with van der Waals surface area (Å²) in [5.74, 6) is -0.446. The van der Waals surface area contributed by atoms with Crippen LogP contribution < -0.4 is 0 Å². The fourth-order valence-electron chi connectivity index (χ4n) is 3.07. The summed E-state index contributed by atoms with van der Waals surface area (Å²) < 4.78 is 4.79. The zero-order chi connectivity index (χ0) is 15.2. The van der Waals surface area contributed by atoms with Gasteiger partial charge in [-0.1, -0.05) is 6.42 Å². The smallest absolute Gasteiger partial charge is 0.328 e. The van der Waals surface area contributed by atoms with Crippen LogP contribution in [0.3, 0.4) is 0 Å². The van der Waals surface area contributed by atoms with E-state index in [9.17, 15) is 14.4 Å². The summed E-state index contributed by atoms with van der Waals surface area (Å²) in [6.07, 6.45) is 5.86. The Kier molecular flexibility index (Phi) is 5.59. The van der Waals surface area contributed by atoms with Crippen LogP contribution in [0, 0.1) is 0 Å². The van der Waals surface area contributed by atoms with Crippen LogP contribution in [-0.4, -0.2) is 60.4 Å². The van der Waals surface area contributed by atoms with E-state index in [1.807, 2.05) is 0 Å². The van der Waals surface area contributed by atoms with E-state index in [4.69, 9.17) is 4.74 Å². The third-order valence-corrected chi connectivity index (χ3v) is 4.29. The fourth-order valence-corrected chi connectivity index (χ4v) is 3.07. The van der Waals surface area contributed by atoms with Crippen LogP contribution in [-0.2, 0) is 19.1 Å². The van der Waals surface area contributed by atoms with E-state index in [0.29, 0.717) is 25.9 Å². The van der Waals surface area contributed by atoms with Crippen molar-refractivity contribution in [1.82, 2.24) is 9.80 Å².